The van der Waals surface area contributed by atoms with Gasteiger partial charge in [0, 0.05) is 5.92 Å². The average Bonchev–Trinajstić information content (AvgIpc) is 3.11. The van der Waals surface area contributed by atoms with Gasteiger partial charge in [-0.25, -0.2) is 4.98 Å². The molecule has 0 spiro atoms. The first-order valence-corrected chi connectivity index (χ1v) is 6.48. The van der Waals surface area contributed by atoms with Crippen LogP contribution in [0.3, 0.4) is 0 Å². The molecule has 0 atom stereocenters. The van der Waals surface area contributed by atoms with Gasteiger partial charge in [0.15, 0.2) is 5.82 Å². The second-order valence-electron chi connectivity index (χ2n) is 4.40. The maximum Gasteiger partial charge on any atom is 0.268 e. The molecule has 2 heterocycles. The van der Waals surface area contributed by atoms with E-state index < -0.39 is 0 Å². The monoisotopic (exact) mass is 310 g/mol. The zero-order valence-electron chi connectivity index (χ0n) is 9.76. The summed E-state index contributed by atoms with van der Waals surface area (Å²) < 4.78 is 7.07. The predicted octanol–water partition coefficient (Wildman–Crippen LogP) is 1.62. The first-order chi connectivity index (χ1) is 8.65. The Labute approximate surface area is 111 Å². The fourth-order valence-corrected chi connectivity index (χ4v) is 1.97. The minimum Gasteiger partial charge on any atom is -0.339 e. The zero-order chi connectivity index (χ0) is 12.7. The number of hydrogen-bond donors (Lipinski definition) is 0. The van der Waals surface area contributed by atoms with E-state index in [1.54, 1.807) is 6.92 Å². The summed E-state index contributed by atoms with van der Waals surface area (Å²) in [6.45, 7) is 2.05. The molecule has 94 valence electrons. The third-order valence-electron chi connectivity index (χ3n) is 2.88. The van der Waals surface area contributed by atoms with Crippen LogP contribution >= 0.6 is 15.9 Å². The second kappa shape index (κ2) is 4.31. The SMILES string of the molecule is Cc1ncn(Cc2noc(C3CC3)n2)c(=O)c1Br. The lowest BCUT2D eigenvalue weighted by molar-refractivity contribution is 0.372. The quantitative estimate of drug-likeness (QED) is 0.861. The number of nitrogens with zero attached hydrogens (tertiary/aromatic N) is 4. The molecule has 18 heavy (non-hydrogen) atoms. The molecular weight excluding hydrogens is 300 g/mol. The van der Waals surface area contributed by atoms with Crippen molar-refractivity contribution in [1.82, 2.24) is 19.7 Å². The van der Waals surface area contributed by atoms with Gasteiger partial charge in [-0.3, -0.25) is 9.36 Å². The van der Waals surface area contributed by atoms with Crippen molar-refractivity contribution < 1.29 is 4.52 Å². The molecule has 0 N–H and O–H groups in total. The van der Waals surface area contributed by atoms with Gasteiger partial charge >= 0.3 is 0 Å². The number of hydrogen-bond acceptors (Lipinski definition) is 5. The number of aryl methyl sites for hydroxylation is 1. The summed E-state index contributed by atoms with van der Waals surface area (Å²) in [5, 5.41) is 3.88. The van der Waals surface area contributed by atoms with Gasteiger partial charge in [-0.1, -0.05) is 5.16 Å². The van der Waals surface area contributed by atoms with Gasteiger partial charge in [0.2, 0.25) is 5.89 Å². The van der Waals surface area contributed by atoms with E-state index in [9.17, 15) is 4.79 Å². The summed E-state index contributed by atoms with van der Waals surface area (Å²) in [6.07, 6.45) is 3.72. The van der Waals surface area contributed by atoms with Gasteiger partial charge in [0.05, 0.1) is 18.6 Å². The lowest BCUT2D eigenvalue weighted by Crippen LogP contribution is -2.23. The van der Waals surface area contributed by atoms with Crippen molar-refractivity contribution in [3.63, 3.8) is 0 Å². The standard InChI is InChI=1S/C11H11BrN4O2/c1-6-9(12)11(17)16(5-13-6)4-8-14-10(18-15-8)7-2-3-7/h5,7H,2-4H2,1H3. The van der Waals surface area contributed by atoms with E-state index in [2.05, 4.69) is 31.1 Å². The molecule has 2 aromatic heterocycles. The van der Waals surface area contributed by atoms with Crippen LogP contribution in [0.1, 0.15) is 36.2 Å². The van der Waals surface area contributed by atoms with Crippen LogP contribution in [0.5, 0.6) is 0 Å². The second-order valence-corrected chi connectivity index (χ2v) is 5.19. The Bertz CT molecular complexity index is 645. The van der Waals surface area contributed by atoms with E-state index in [-0.39, 0.29) is 12.1 Å². The molecule has 7 heteroatoms. The van der Waals surface area contributed by atoms with E-state index >= 15 is 0 Å². The summed E-state index contributed by atoms with van der Waals surface area (Å²) in [5.74, 6) is 1.61. The Balaban J connectivity index is 1.87. The van der Waals surface area contributed by atoms with Crippen LogP contribution in [0.2, 0.25) is 0 Å². The van der Waals surface area contributed by atoms with Crippen molar-refractivity contribution in [1.29, 1.82) is 0 Å². The summed E-state index contributed by atoms with van der Waals surface area (Å²) in [7, 11) is 0. The minimum absolute atomic E-state index is 0.139. The zero-order valence-corrected chi connectivity index (χ0v) is 11.3. The summed E-state index contributed by atoms with van der Waals surface area (Å²) in [4.78, 5) is 20.3. The Morgan fingerprint density at radius 3 is 3.06 bits per heavy atom. The Morgan fingerprint density at radius 1 is 1.56 bits per heavy atom. The van der Waals surface area contributed by atoms with E-state index in [1.807, 2.05) is 0 Å². The van der Waals surface area contributed by atoms with Crippen molar-refractivity contribution in [2.75, 3.05) is 0 Å². The highest BCUT2D eigenvalue weighted by Crippen LogP contribution is 2.38. The largest absolute Gasteiger partial charge is 0.339 e. The van der Waals surface area contributed by atoms with Gasteiger partial charge in [-0.15, -0.1) is 0 Å². The van der Waals surface area contributed by atoms with Crippen molar-refractivity contribution in [3.05, 3.63) is 38.6 Å². The molecular formula is C11H11BrN4O2. The smallest absolute Gasteiger partial charge is 0.268 e. The van der Waals surface area contributed by atoms with Gasteiger partial charge < -0.3 is 4.52 Å². The van der Waals surface area contributed by atoms with E-state index in [0.29, 0.717) is 27.8 Å². The van der Waals surface area contributed by atoms with Gasteiger partial charge in [0.1, 0.15) is 4.47 Å². The Hall–Kier alpha value is -1.50. The van der Waals surface area contributed by atoms with E-state index in [4.69, 9.17) is 4.52 Å². The fraction of sp³-hybridized carbons (Fsp3) is 0.455. The first kappa shape index (κ1) is 11.6. The number of rotatable bonds is 3. The molecule has 0 unspecified atom stereocenters. The Morgan fingerprint density at radius 2 is 2.33 bits per heavy atom. The van der Waals surface area contributed by atoms with E-state index in [0.717, 1.165) is 12.8 Å². The molecule has 0 aliphatic heterocycles. The molecule has 1 fully saturated rings. The highest BCUT2D eigenvalue weighted by Gasteiger charge is 2.29. The van der Waals surface area contributed by atoms with Crippen molar-refractivity contribution in [3.8, 4) is 0 Å². The average molecular weight is 311 g/mol. The van der Waals surface area contributed by atoms with Gasteiger partial charge in [-0.05, 0) is 35.7 Å². The fourth-order valence-electron chi connectivity index (χ4n) is 1.64. The third-order valence-corrected chi connectivity index (χ3v) is 3.79. The molecule has 1 aliphatic rings. The van der Waals surface area contributed by atoms with Crippen LogP contribution in [-0.2, 0) is 6.54 Å². The summed E-state index contributed by atoms with van der Waals surface area (Å²) >= 11 is 3.22. The summed E-state index contributed by atoms with van der Waals surface area (Å²) in [5.41, 5.74) is 0.531. The van der Waals surface area contributed by atoms with Crippen molar-refractivity contribution in [2.24, 2.45) is 0 Å². The van der Waals surface area contributed by atoms with Gasteiger partial charge in [0.25, 0.3) is 5.56 Å². The molecule has 2 aromatic rings. The van der Waals surface area contributed by atoms with E-state index in [1.165, 1.54) is 10.9 Å². The van der Waals surface area contributed by atoms with Crippen LogP contribution in [0.15, 0.2) is 20.1 Å². The summed E-state index contributed by atoms with van der Waals surface area (Å²) in [6, 6.07) is 0. The number of aromatic nitrogens is 4. The molecule has 1 aliphatic carbocycles. The van der Waals surface area contributed by atoms with Crippen molar-refractivity contribution in [2.45, 2.75) is 32.2 Å². The molecule has 0 aromatic carbocycles. The predicted molar refractivity (Wildman–Crippen MR) is 66.3 cm³/mol. The normalized spacial score (nSPS) is 15.0. The molecule has 1 saturated carbocycles. The van der Waals surface area contributed by atoms with Gasteiger partial charge in [-0.2, -0.15) is 4.98 Å². The molecule has 0 bridgehead atoms. The van der Waals surface area contributed by atoms with Crippen LogP contribution < -0.4 is 5.56 Å². The molecule has 0 amide bonds. The van der Waals surface area contributed by atoms with Crippen LogP contribution in [0, 0.1) is 6.92 Å². The molecule has 0 saturated heterocycles. The lowest BCUT2D eigenvalue weighted by Gasteiger charge is -2.03. The molecule has 6 nitrogen and oxygen atoms in total. The molecule has 0 radical (unpaired) electrons. The minimum atomic E-state index is -0.139. The highest BCUT2D eigenvalue weighted by atomic mass is 79.9. The van der Waals surface area contributed by atoms with Crippen LogP contribution in [0.4, 0.5) is 0 Å². The maximum absolute atomic E-state index is 11.9. The first-order valence-electron chi connectivity index (χ1n) is 5.69. The maximum atomic E-state index is 11.9. The Kier molecular flexibility index (Phi) is 2.77. The molecule has 3 rings (SSSR count). The van der Waals surface area contributed by atoms with Crippen molar-refractivity contribution >= 4 is 15.9 Å². The number of halogens is 1. The third kappa shape index (κ3) is 2.10. The highest BCUT2D eigenvalue weighted by molar-refractivity contribution is 9.10. The van der Waals surface area contributed by atoms with Crippen LogP contribution in [-0.4, -0.2) is 19.7 Å². The lowest BCUT2D eigenvalue weighted by atomic mass is 10.4. The topological polar surface area (TPSA) is 73.8 Å². The van der Waals surface area contributed by atoms with Crippen LogP contribution in [0.25, 0.3) is 0 Å².